The summed E-state index contributed by atoms with van der Waals surface area (Å²) in [6, 6.07) is 12.3. The summed E-state index contributed by atoms with van der Waals surface area (Å²) in [5.41, 5.74) is 2.78. The average Bonchev–Trinajstić information content (AvgIpc) is 3.11. The van der Waals surface area contributed by atoms with Gasteiger partial charge < -0.3 is 20.3 Å². The smallest absolute Gasteiger partial charge is 0.343 e. The fourth-order valence-electron chi connectivity index (χ4n) is 3.95. The zero-order chi connectivity index (χ0) is 21.5. The largest absolute Gasteiger partial charge is 0.423 e. The first kappa shape index (κ1) is 19.7. The summed E-state index contributed by atoms with van der Waals surface area (Å²) in [6.45, 7) is 1.78. The predicted molar refractivity (Wildman–Crippen MR) is 116 cm³/mol. The fraction of sp³-hybridized carbons (Fsp3) is 0.217. The molecule has 0 fully saturated rings. The van der Waals surface area contributed by atoms with Crippen molar-refractivity contribution in [3.63, 3.8) is 0 Å². The van der Waals surface area contributed by atoms with E-state index in [9.17, 15) is 14.0 Å². The van der Waals surface area contributed by atoms with Crippen molar-refractivity contribution in [1.82, 2.24) is 10.2 Å². The number of thiophene rings is 1. The number of benzene rings is 2. The minimum Gasteiger partial charge on any atom is -0.423 e. The molecule has 5 rings (SSSR count). The zero-order valence-corrected chi connectivity index (χ0v) is 17.6. The van der Waals surface area contributed by atoms with E-state index in [1.54, 1.807) is 29.5 Å². The zero-order valence-electron chi connectivity index (χ0n) is 16.8. The lowest BCUT2D eigenvalue weighted by atomic mass is 10.0. The summed E-state index contributed by atoms with van der Waals surface area (Å²) in [4.78, 5) is 28.7. The molecule has 3 heterocycles. The van der Waals surface area contributed by atoms with E-state index in [1.165, 1.54) is 23.1 Å². The Labute approximate surface area is 182 Å². The molecule has 31 heavy (non-hydrogen) atoms. The summed E-state index contributed by atoms with van der Waals surface area (Å²) >= 11 is 1.62. The molecule has 1 atom stereocenters. The van der Waals surface area contributed by atoms with E-state index in [2.05, 4.69) is 22.6 Å². The SMILES string of the molecule is CN1CCc2c(sc3c2C(=O)NC(c2cccc(OC(=O)c4cccc(F)c4)c2)N3)C1. The third-order valence-electron chi connectivity index (χ3n) is 5.49. The van der Waals surface area contributed by atoms with Crippen LogP contribution in [0.15, 0.2) is 48.5 Å². The molecule has 3 aromatic rings. The number of halogens is 1. The molecule has 1 aromatic heterocycles. The van der Waals surface area contributed by atoms with Crippen LogP contribution in [0, 0.1) is 5.82 Å². The molecule has 0 bridgehead atoms. The Hall–Kier alpha value is -3.23. The molecule has 2 N–H and O–H groups in total. The van der Waals surface area contributed by atoms with Gasteiger partial charge >= 0.3 is 5.97 Å². The summed E-state index contributed by atoms with van der Waals surface area (Å²) in [6.07, 6.45) is 0.425. The number of amides is 1. The summed E-state index contributed by atoms with van der Waals surface area (Å²) < 4.78 is 18.8. The number of carbonyl (C=O) groups is 2. The van der Waals surface area contributed by atoms with E-state index in [1.807, 2.05) is 6.07 Å². The molecule has 2 aromatic carbocycles. The normalized spacial score (nSPS) is 17.9. The lowest BCUT2D eigenvalue weighted by molar-refractivity contribution is 0.0733. The van der Waals surface area contributed by atoms with Gasteiger partial charge in [-0.1, -0.05) is 18.2 Å². The Morgan fingerprint density at radius 3 is 2.87 bits per heavy atom. The number of carbonyl (C=O) groups excluding carboxylic acids is 2. The Balaban J connectivity index is 1.37. The van der Waals surface area contributed by atoms with Gasteiger partial charge in [-0.2, -0.15) is 0 Å². The summed E-state index contributed by atoms with van der Waals surface area (Å²) in [7, 11) is 2.08. The first-order chi connectivity index (χ1) is 15.0. The maximum Gasteiger partial charge on any atom is 0.343 e. The van der Waals surface area contributed by atoms with Gasteiger partial charge in [-0.15, -0.1) is 11.3 Å². The van der Waals surface area contributed by atoms with E-state index in [0.717, 1.165) is 47.3 Å². The second-order valence-electron chi connectivity index (χ2n) is 7.72. The maximum absolute atomic E-state index is 13.4. The van der Waals surface area contributed by atoms with Crippen LogP contribution in [0.1, 0.15) is 42.9 Å². The molecular weight excluding hydrogens is 417 g/mol. The van der Waals surface area contributed by atoms with Gasteiger partial charge in [0.1, 0.15) is 22.7 Å². The number of esters is 1. The van der Waals surface area contributed by atoms with Crippen LogP contribution in [0.25, 0.3) is 0 Å². The molecule has 0 aliphatic carbocycles. The second kappa shape index (κ2) is 7.79. The highest BCUT2D eigenvalue weighted by molar-refractivity contribution is 7.16. The molecule has 0 radical (unpaired) electrons. The van der Waals surface area contributed by atoms with Crippen LogP contribution in [0.4, 0.5) is 9.39 Å². The Kier molecular flexibility index (Phi) is 4.95. The third-order valence-corrected chi connectivity index (χ3v) is 6.64. The Morgan fingerprint density at radius 2 is 2.03 bits per heavy atom. The van der Waals surface area contributed by atoms with Crippen molar-refractivity contribution in [2.24, 2.45) is 0 Å². The number of anilines is 1. The number of ether oxygens (including phenoxy) is 1. The van der Waals surface area contributed by atoms with Crippen molar-refractivity contribution in [2.45, 2.75) is 19.1 Å². The lowest BCUT2D eigenvalue weighted by Crippen LogP contribution is -2.38. The topological polar surface area (TPSA) is 70.7 Å². The number of fused-ring (bicyclic) bond motifs is 3. The average molecular weight is 437 g/mol. The van der Waals surface area contributed by atoms with Gasteiger partial charge in [-0.3, -0.25) is 4.79 Å². The number of hydrogen-bond donors (Lipinski definition) is 2. The Morgan fingerprint density at radius 1 is 1.19 bits per heavy atom. The number of nitrogens with zero attached hydrogens (tertiary/aromatic N) is 1. The number of rotatable bonds is 3. The summed E-state index contributed by atoms with van der Waals surface area (Å²) in [5.74, 6) is -0.920. The third kappa shape index (κ3) is 3.80. The van der Waals surface area contributed by atoms with Gasteiger partial charge in [-0.05, 0) is 54.9 Å². The van der Waals surface area contributed by atoms with Crippen LogP contribution in [-0.4, -0.2) is 30.4 Å². The van der Waals surface area contributed by atoms with Crippen molar-refractivity contribution >= 4 is 28.2 Å². The molecule has 1 unspecified atom stereocenters. The van der Waals surface area contributed by atoms with E-state index < -0.39 is 18.0 Å². The highest BCUT2D eigenvalue weighted by Gasteiger charge is 2.32. The molecule has 6 nitrogen and oxygen atoms in total. The van der Waals surface area contributed by atoms with E-state index in [0.29, 0.717) is 5.75 Å². The quantitative estimate of drug-likeness (QED) is 0.480. The molecule has 0 spiro atoms. The maximum atomic E-state index is 13.4. The Bertz CT molecular complexity index is 1190. The van der Waals surface area contributed by atoms with Crippen molar-refractivity contribution < 1.29 is 18.7 Å². The van der Waals surface area contributed by atoms with Crippen molar-refractivity contribution in [3.05, 3.63) is 81.5 Å². The minimum atomic E-state index is -0.644. The first-order valence-corrected chi connectivity index (χ1v) is 10.8. The molecule has 0 saturated carbocycles. The first-order valence-electron chi connectivity index (χ1n) is 9.96. The van der Waals surface area contributed by atoms with Crippen LogP contribution in [0.5, 0.6) is 5.75 Å². The molecule has 2 aliphatic heterocycles. The van der Waals surface area contributed by atoms with Crippen LogP contribution in [0.2, 0.25) is 0 Å². The van der Waals surface area contributed by atoms with Crippen LogP contribution in [0.3, 0.4) is 0 Å². The molecule has 0 saturated heterocycles. The second-order valence-corrected chi connectivity index (χ2v) is 8.82. The van der Waals surface area contributed by atoms with Gasteiger partial charge in [-0.25, -0.2) is 9.18 Å². The van der Waals surface area contributed by atoms with Crippen molar-refractivity contribution in [2.75, 3.05) is 18.9 Å². The van der Waals surface area contributed by atoms with Gasteiger partial charge in [0.25, 0.3) is 5.91 Å². The van der Waals surface area contributed by atoms with E-state index in [-0.39, 0.29) is 11.5 Å². The number of likely N-dealkylation sites (N-methyl/N-ethyl adjacent to an activating group) is 1. The fourth-order valence-corrected chi connectivity index (χ4v) is 5.30. The molecule has 8 heteroatoms. The highest BCUT2D eigenvalue weighted by atomic mass is 32.1. The van der Waals surface area contributed by atoms with Crippen LogP contribution in [-0.2, 0) is 13.0 Å². The van der Waals surface area contributed by atoms with Gasteiger partial charge in [0, 0.05) is 18.0 Å². The predicted octanol–water partition coefficient (Wildman–Crippen LogP) is 3.95. The highest BCUT2D eigenvalue weighted by Crippen LogP contribution is 2.40. The molecular formula is C23H20FN3O3S. The van der Waals surface area contributed by atoms with Crippen molar-refractivity contribution in [1.29, 1.82) is 0 Å². The number of hydrogen-bond acceptors (Lipinski definition) is 6. The standard InChI is InChI=1S/C23H20FN3O3S/c1-27-9-8-17-18(12-27)31-22-19(17)21(28)25-20(26-22)13-4-3-7-16(11-13)30-23(29)14-5-2-6-15(24)10-14/h2-7,10-11,20,26H,8-9,12H2,1H3,(H,25,28). The number of nitrogens with one attached hydrogen (secondary N) is 2. The van der Waals surface area contributed by atoms with Gasteiger partial charge in [0.2, 0.25) is 0 Å². The lowest BCUT2D eigenvalue weighted by Gasteiger charge is -2.27. The monoisotopic (exact) mass is 437 g/mol. The summed E-state index contributed by atoms with van der Waals surface area (Å²) in [5, 5.41) is 7.29. The van der Waals surface area contributed by atoms with Crippen molar-refractivity contribution in [3.8, 4) is 5.75 Å². The van der Waals surface area contributed by atoms with Crippen LogP contribution < -0.4 is 15.4 Å². The van der Waals surface area contributed by atoms with E-state index in [4.69, 9.17) is 4.74 Å². The van der Waals surface area contributed by atoms with Gasteiger partial charge in [0.05, 0.1) is 11.1 Å². The van der Waals surface area contributed by atoms with E-state index >= 15 is 0 Å². The molecule has 158 valence electrons. The van der Waals surface area contributed by atoms with Gasteiger partial charge in [0.15, 0.2) is 0 Å². The molecule has 1 amide bonds. The minimum absolute atomic E-state index is 0.0945. The molecule has 2 aliphatic rings. The van der Waals surface area contributed by atoms with Crippen LogP contribution >= 0.6 is 11.3 Å².